The van der Waals surface area contributed by atoms with Gasteiger partial charge in [-0.05, 0) is 50.5 Å². The zero-order valence-electron chi connectivity index (χ0n) is 15.0. The van der Waals surface area contributed by atoms with Crippen molar-refractivity contribution in [2.45, 2.75) is 71.4 Å². The van der Waals surface area contributed by atoms with E-state index in [4.69, 9.17) is 5.73 Å². The first kappa shape index (κ1) is 17.2. The lowest BCUT2D eigenvalue weighted by atomic mass is 9.66. The van der Waals surface area contributed by atoms with Crippen LogP contribution in [0.5, 0.6) is 0 Å². The van der Waals surface area contributed by atoms with Crippen molar-refractivity contribution < 1.29 is 0 Å². The molecule has 124 valence electrons. The van der Waals surface area contributed by atoms with Crippen LogP contribution in [0.4, 0.5) is 0 Å². The van der Waals surface area contributed by atoms with Gasteiger partial charge >= 0.3 is 0 Å². The predicted octanol–water partition coefficient (Wildman–Crippen LogP) is 2.95. The predicted molar refractivity (Wildman–Crippen MR) is 91.5 cm³/mol. The van der Waals surface area contributed by atoms with E-state index in [2.05, 4.69) is 44.5 Å². The second-order valence-corrected chi connectivity index (χ2v) is 8.56. The van der Waals surface area contributed by atoms with Gasteiger partial charge in [-0.15, -0.1) is 0 Å². The lowest BCUT2D eigenvalue weighted by Crippen LogP contribution is -2.63. The molecule has 1 heterocycles. The first-order chi connectivity index (χ1) is 9.82. The Morgan fingerprint density at radius 1 is 1.14 bits per heavy atom. The summed E-state index contributed by atoms with van der Waals surface area (Å²) in [5.41, 5.74) is 7.03. The van der Waals surface area contributed by atoms with E-state index >= 15 is 0 Å². The van der Waals surface area contributed by atoms with Gasteiger partial charge in [0.2, 0.25) is 0 Å². The first-order valence-corrected chi connectivity index (χ1v) is 8.98. The maximum Gasteiger partial charge on any atom is 0.0333 e. The molecule has 2 fully saturated rings. The van der Waals surface area contributed by atoms with E-state index in [0.29, 0.717) is 11.5 Å². The highest BCUT2D eigenvalue weighted by atomic mass is 15.3. The Bertz CT molecular complexity index is 326. The summed E-state index contributed by atoms with van der Waals surface area (Å²) in [5, 5.41) is 0. The van der Waals surface area contributed by atoms with Crippen LogP contribution in [0.25, 0.3) is 0 Å². The number of likely N-dealkylation sites (N-methyl/N-ethyl adjacent to an activating group) is 1. The number of piperazine rings is 1. The smallest absolute Gasteiger partial charge is 0.0333 e. The number of nitrogens with two attached hydrogens (primary N) is 1. The molecule has 21 heavy (non-hydrogen) atoms. The van der Waals surface area contributed by atoms with Gasteiger partial charge in [-0.3, -0.25) is 4.90 Å². The standard InChI is InChI=1S/C18H37N3/c1-6-16-13-21(12-11-20(16)5)18(14-19)9-7-15(8-10-18)17(2,3)4/h15-16H,6-14,19H2,1-5H3. The van der Waals surface area contributed by atoms with E-state index in [1.54, 1.807) is 0 Å². The molecule has 2 aliphatic rings. The van der Waals surface area contributed by atoms with Gasteiger partial charge in [0, 0.05) is 37.8 Å². The quantitative estimate of drug-likeness (QED) is 0.869. The van der Waals surface area contributed by atoms with Crippen molar-refractivity contribution in [2.75, 3.05) is 33.2 Å². The van der Waals surface area contributed by atoms with Crippen LogP contribution < -0.4 is 5.73 Å². The minimum absolute atomic E-state index is 0.288. The summed E-state index contributed by atoms with van der Waals surface area (Å²) in [6, 6.07) is 0.711. The van der Waals surface area contributed by atoms with Crippen molar-refractivity contribution in [3.05, 3.63) is 0 Å². The molecule has 0 aromatic carbocycles. The molecule has 2 N–H and O–H groups in total. The molecule has 0 aromatic heterocycles. The van der Waals surface area contributed by atoms with Crippen molar-refractivity contribution in [3.63, 3.8) is 0 Å². The highest BCUT2D eigenvalue weighted by Gasteiger charge is 2.43. The van der Waals surface area contributed by atoms with Gasteiger partial charge in [0.1, 0.15) is 0 Å². The average Bonchev–Trinajstić information content (AvgIpc) is 2.46. The summed E-state index contributed by atoms with van der Waals surface area (Å²) in [6.45, 7) is 14.0. The molecule has 1 aliphatic heterocycles. The van der Waals surface area contributed by atoms with Crippen molar-refractivity contribution in [3.8, 4) is 0 Å². The molecule has 1 aliphatic carbocycles. The van der Waals surface area contributed by atoms with Crippen molar-refractivity contribution in [1.29, 1.82) is 0 Å². The van der Waals surface area contributed by atoms with Gasteiger partial charge in [0.05, 0.1) is 0 Å². The van der Waals surface area contributed by atoms with Crippen molar-refractivity contribution in [2.24, 2.45) is 17.1 Å². The molecule has 0 bridgehead atoms. The van der Waals surface area contributed by atoms with E-state index in [0.717, 1.165) is 12.5 Å². The second kappa shape index (κ2) is 6.55. The molecular formula is C18H37N3. The molecular weight excluding hydrogens is 258 g/mol. The fourth-order valence-corrected chi connectivity index (χ4v) is 4.49. The third-order valence-corrected chi connectivity index (χ3v) is 6.44. The van der Waals surface area contributed by atoms with Crippen LogP contribution in [0.2, 0.25) is 0 Å². The third kappa shape index (κ3) is 3.62. The van der Waals surface area contributed by atoms with Crippen LogP contribution in [0.3, 0.4) is 0 Å². The van der Waals surface area contributed by atoms with Crippen LogP contribution in [-0.2, 0) is 0 Å². The van der Waals surface area contributed by atoms with Crippen LogP contribution >= 0.6 is 0 Å². The monoisotopic (exact) mass is 295 g/mol. The Kier molecular flexibility index (Phi) is 5.38. The van der Waals surface area contributed by atoms with Crippen molar-refractivity contribution >= 4 is 0 Å². The second-order valence-electron chi connectivity index (χ2n) is 8.56. The Morgan fingerprint density at radius 2 is 1.76 bits per heavy atom. The molecule has 1 saturated carbocycles. The summed E-state index contributed by atoms with van der Waals surface area (Å²) in [5.74, 6) is 0.867. The molecule has 0 radical (unpaired) electrons. The molecule has 1 unspecified atom stereocenters. The molecule has 2 rings (SSSR count). The molecule has 0 amide bonds. The fourth-order valence-electron chi connectivity index (χ4n) is 4.49. The van der Waals surface area contributed by atoms with Gasteiger partial charge in [-0.25, -0.2) is 0 Å². The van der Waals surface area contributed by atoms with Gasteiger partial charge in [0.25, 0.3) is 0 Å². The van der Waals surface area contributed by atoms with E-state index in [1.807, 2.05) is 0 Å². The van der Waals surface area contributed by atoms with Gasteiger partial charge < -0.3 is 10.6 Å². The van der Waals surface area contributed by atoms with Crippen LogP contribution in [0.1, 0.15) is 59.8 Å². The van der Waals surface area contributed by atoms with Gasteiger partial charge in [0.15, 0.2) is 0 Å². The largest absolute Gasteiger partial charge is 0.329 e. The minimum atomic E-state index is 0.288. The maximum absolute atomic E-state index is 6.29. The van der Waals surface area contributed by atoms with Crippen LogP contribution in [0.15, 0.2) is 0 Å². The fraction of sp³-hybridized carbons (Fsp3) is 1.00. The Morgan fingerprint density at radius 3 is 2.24 bits per heavy atom. The van der Waals surface area contributed by atoms with Crippen LogP contribution in [-0.4, -0.2) is 54.6 Å². The Hall–Kier alpha value is -0.120. The number of nitrogens with zero attached hydrogens (tertiary/aromatic N) is 2. The Balaban J connectivity index is 2.03. The first-order valence-electron chi connectivity index (χ1n) is 8.98. The zero-order valence-corrected chi connectivity index (χ0v) is 15.0. The third-order valence-electron chi connectivity index (χ3n) is 6.44. The van der Waals surface area contributed by atoms with E-state index in [9.17, 15) is 0 Å². The van der Waals surface area contributed by atoms with Crippen molar-refractivity contribution in [1.82, 2.24) is 9.80 Å². The normalized spacial score (nSPS) is 36.9. The van der Waals surface area contributed by atoms with Gasteiger partial charge in [-0.2, -0.15) is 0 Å². The molecule has 0 aromatic rings. The lowest BCUT2D eigenvalue weighted by molar-refractivity contribution is -0.0247. The SMILES string of the molecule is CCC1CN(C2(CN)CCC(C(C)(C)C)CC2)CCN1C. The molecule has 0 spiro atoms. The van der Waals surface area contributed by atoms with E-state index in [1.165, 1.54) is 51.7 Å². The highest BCUT2D eigenvalue weighted by molar-refractivity contribution is 5.00. The zero-order chi connectivity index (χ0) is 15.7. The Labute approximate surface area is 132 Å². The minimum Gasteiger partial charge on any atom is -0.329 e. The summed E-state index contributed by atoms with van der Waals surface area (Å²) in [4.78, 5) is 5.28. The summed E-state index contributed by atoms with van der Waals surface area (Å²) < 4.78 is 0. The summed E-state index contributed by atoms with van der Waals surface area (Å²) in [6.07, 6.45) is 6.54. The van der Waals surface area contributed by atoms with Crippen LogP contribution in [0, 0.1) is 11.3 Å². The lowest BCUT2D eigenvalue weighted by Gasteiger charge is -2.53. The highest BCUT2D eigenvalue weighted by Crippen LogP contribution is 2.43. The maximum atomic E-state index is 6.29. The topological polar surface area (TPSA) is 32.5 Å². The summed E-state index contributed by atoms with van der Waals surface area (Å²) >= 11 is 0. The molecule has 3 heteroatoms. The van der Waals surface area contributed by atoms with E-state index < -0.39 is 0 Å². The summed E-state index contributed by atoms with van der Waals surface area (Å²) in [7, 11) is 2.27. The number of hydrogen-bond acceptors (Lipinski definition) is 3. The number of hydrogen-bond donors (Lipinski definition) is 1. The number of rotatable bonds is 3. The average molecular weight is 296 g/mol. The molecule has 3 nitrogen and oxygen atoms in total. The molecule has 1 atom stereocenters. The molecule has 1 saturated heterocycles. The van der Waals surface area contributed by atoms with Gasteiger partial charge in [-0.1, -0.05) is 27.7 Å². The van der Waals surface area contributed by atoms with E-state index in [-0.39, 0.29) is 5.54 Å².